The van der Waals surface area contributed by atoms with Crippen molar-refractivity contribution in [3.63, 3.8) is 0 Å². The van der Waals surface area contributed by atoms with Crippen molar-refractivity contribution in [2.45, 2.75) is 19.8 Å². The van der Waals surface area contributed by atoms with Crippen LogP contribution in [-0.2, 0) is 11.2 Å². The second-order valence-electron chi connectivity index (χ2n) is 2.66. The van der Waals surface area contributed by atoms with E-state index in [1.807, 2.05) is 19.1 Å². The zero-order valence-corrected chi connectivity index (χ0v) is 8.51. The zero-order chi connectivity index (χ0) is 9.52. The van der Waals surface area contributed by atoms with Gasteiger partial charge in [0.2, 0.25) is 0 Å². The van der Waals surface area contributed by atoms with Gasteiger partial charge in [-0.05, 0) is 43.3 Å². The lowest BCUT2D eigenvalue weighted by Gasteiger charge is -2.03. The first kappa shape index (κ1) is 10.1. The highest BCUT2D eigenvalue weighted by Crippen LogP contribution is 2.02. The maximum Gasteiger partial charge on any atom is 0.159 e. The van der Waals surface area contributed by atoms with Gasteiger partial charge < -0.3 is 4.74 Å². The van der Waals surface area contributed by atoms with Crippen molar-refractivity contribution in [1.82, 2.24) is 4.98 Å². The Hall–Kier alpha value is -0.960. The lowest BCUT2D eigenvalue weighted by Crippen LogP contribution is -2.02. The topological polar surface area (TPSA) is 22.1 Å². The molecule has 1 rings (SSSR count). The molecule has 0 aliphatic heterocycles. The number of thiocarbonyl (C=S) groups is 1. The first-order chi connectivity index (χ1) is 6.33. The fraction of sp³-hybridized carbons (Fsp3) is 0.400. The molecule has 3 heteroatoms. The standard InChI is InChI=1S/C10H13NOS/c1-2-12-10(13)4-3-9-5-7-11-8-6-9/h5-8H,2-4H2,1H3. The van der Waals surface area contributed by atoms with E-state index in [9.17, 15) is 0 Å². The summed E-state index contributed by atoms with van der Waals surface area (Å²) in [6.45, 7) is 2.61. The molecule has 0 atom stereocenters. The normalized spacial score (nSPS) is 9.62. The van der Waals surface area contributed by atoms with Crippen LogP contribution in [-0.4, -0.2) is 16.6 Å². The van der Waals surface area contributed by atoms with Crippen LogP contribution < -0.4 is 0 Å². The van der Waals surface area contributed by atoms with Crippen LogP contribution in [0, 0.1) is 0 Å². The average Bonchev–Trinajstić information content (AvgIpc) is 2.17. The third kappa shape index (κ3) is 3.99. The molecule has 1 aromatic heterocycles. The Bertz CT molecular complexity index is 261. The van der Waals surface area contributed by atoms with E-state index in [2.05, 4.69) is 4.98 Å². The second kappa shape index (κ2) is 5.65. The van der Waals surface area contributed by atoms with E-state index in [-0.39, 0.29) is 0 Å². The molecule has 2 nitrogen and oxygen atoms in total. The van der Waals surface area contributed by atoms with Crippen molar-refractivity contribution in [1.29, 1.82) is 0 Å². The number of nitrogens with zero attached hydrogens (tertiary/aromatic N) is 1. The molecule has 0 N–H and O–H groups in total. The molecule has 0 saturated heterocycles. The summed E-state index contributed by atoms with van der Waals surface area (Å²) in [5.74, 6) is 0. The van der Waals surface area contributed by atoms with Gasteiger partial charge in [-0.2, -0.15) is 0 Å². The van der Waals surface area contributed by atoms with Crippen molar-refractivity contribution in [3.8, 4) is 0 Å². The number of aromatic nitrogens is 1. The van der Waals surface area contributed by atoms with Crippen LogP contribution in [0.2, 0.25) is 0 Å². The van der Waals surface area contributed by atoms with Gasteiger partial charge in [0.05, 0.1) is 6.61 Å². The van der Waals surface area contributed by atoms with Gasteiger partial charge in [-0.25, -0.2) is 0 Å². The number of pyridine rings is 1. The summed E-state index contributed by atoms with van der Waals surface area (Å²) in [6.07, 6.45) is 5.33. The van der Waals surface area contributed by atoms with Crippen molar-refractivity contribution in [3.05, 3.63) is 30.1 Å². The van der Waals surface area contributed by atoms with Crippen LogP contribution in [0.25, 0.3) is 0 Å². The minimum Gasteiger partial charge on any atom is -0.487 e. The van der Waals surface area contributed by atoms with Crippen LogP contribution in [0.15, 0.2) is 24.5 Å². The fourth-order valence-corrected chi connectivity index (χ4v) is 1.25. The van der Waals surface area contributed by atoms with Gasteiger partial charge in [0.25, 0.3) is 0 Å². The third-order valence-corrected chi connectivity index (χ3v) is 1.99. The van der Waals surface area contributed by atoms with Gasteiger partial charge in [0.1, 0.15) is 0 Å². The smallest absolute Gasteiger partial charge is 0.159 e. The lowest BCUT2D eigenvalue weighted by molar-refractivity contribution is 0.327. The van der Waals surface area contributed by atoms with E-state index in [0.29, 0.717) is 11.7 Å². The maximum atomic E-state index is 5.18. The molecule has 0 bridgehead atoms. The molecular weight excluding hydrogens is 182 g/mol. The highest BCUT2D eigenvalue weighted by atomic mass is 32.1. The van der Waals surface area contributed by atoms with Gasteiger partial charge in [0, 0.05) is 18.8 Å². The van der Waals surface area contributed by atoms with Gasteiger partial charge >= 0.3 is 0 Å². The van der Waals surface area contributed by atoms with E-state index in [4.69, 9.17) is 17.0 Å². The average molecular weight is 195 g/mol. The summed E-state index contributed by atoms with van der Waals surface area (Å²) in [7, 11) is 0. The zero-order valence-electron chi connectivity index (χ0n) is 7.69. The van der Waals surface area contributed by atoms with E-state index >= 15 is 0 Å². The van der Waals surface area contributed by atoms with Crippen LogP contribution in [0.5, 0.6) is 0 Å². The fourth-order valence-electron chi connectivity index (χ4n) is 1.03. The summed E-state index contributed by atoms with van der Waals surface area (Å²) < 4.78 is 5.18. The highest BCUT2D eigenvalue weighted by Gasteiger charge is 1.97. The Morgan fingerprint density at radius 1 is 1.46 bits per heavy atom. The molecule has 1 heterocycles. The molecule has 1 aromatic rings. The molecule has 0 radical (unpaired) electrons. The van der Waals surface area contributed by atoms with Crippen molar-refractivity contribution < 1.29 is 4.74 Å². The maximum absolute atomic E-state index is 5.18. The Balaban J connectivity index is 2.31. The van der Waals surface area contributed by atoms with Crippen molar-refractivity contribution >= 4 is 17.3 Å². The lowest BCUT2D eigenvalue weighted by atomic mass is 10.1. The molecule has 0 aliphatic carbocycles. The molecular formula is C10H13NOS. The summed E-state index contributed by atoms with van der Waals surface area (Å²) >= 11 is 5.01. The van der Waals surface area contributed by atoms with Crippen LogP contribution >= 0.6 is 12.2 Å². The Kier molecular flexibility index (Phi) is 4.40. The Labute approximate surface area is 83.9 Å². The Morgan fingerprint density at radius 2 is 2.15 bits per heavy atom. The SMILES string of the molecule is CCOC(=S)CCc1ccncc1. The monoisotopic (exact) mass is 195 g/mol. The predicted octanol–water partition coefficient (Wildman–Crippen LogP) is 2.38. The van der Waals surface area contributed by atoms with Gasteiger partial charge in [-0.1, -0.05) is 0 Å². The number of ether oxygens (including phenoxy) is 1. The molecule has 0 unspecified atom stereocenters. The minimum atomic E-state index is 0.662. The molecule has 13 heavy (non-hydrogen) atoms. The third-order valence-electron chi connectivity index (χ3n) is 1.67. The molecule has 0 fully saturated rings. The first-order valence-electron chi connectivity index (χ1n) is 4.37. The van der Waals surface area contributed by atoms with Crippen LogP contribution in [0.4, 0.5) is 0 Å². The summed E-state index contributed by atoms with van der Waals surface area (Å²) in [6, 6.07) is 3.99. The second-order valence-corrected chi connectivity index (χ2v) is 3.12. The highest BCUT2D eigenvalue weighted by molar-refractivity contribution is 7.80. The molecule has 0 amide bonds. The molecule has 70 valence electrons. The van der Waals surface area contributed by atoms with Gasteiger partial charge in [-0.3, -0.25) is 4.98 Å². The number of aryl methyl sites for hydroxylation is 1. The summed E-state index contributed by atoms with van der Waals surface area (Å²) in [5, 5.41) is 0.694. The molecule has 0 aromatic carbocycles. The van der Waals surface area contributed by atoms with E-state index in [0.717, 1.165) is 12.8 Å². The van der Waals surface area contributed by atoms with Crippen molar-refractivity contribution in [2.75, 3.05) is 6.61 Å². The number of rotatable bonds is 4. The number of hydrogen-bond acceptors (Lipinski definition) is 3. The van der Waals surface area contributed by atoms with E-state index < -0.39 is 0 Å². The largest absolute Gasteiger partial charge is 0.487 e. The Morgan fingerprint density at radius 3 is 2.77 bits per heavy atom. The van der Waals surface area contributed by atoms with Gasteiger partial charge in [-0.15, -0.1) is 0 Å². The van der Waals surface area contributed by atoms with E-state index in [1.165, 1.54) is 5.56 Å². The number of hydrogen-bond donors (Lipinski definition) is 0. The molecule has 0 aliphatic rings. The summed E-state index contributed by atoms with van der Waals surface area (Å²) in [4.78, 5) is 3.94. The van der Waals surface area contributed by atoms with Crippen LogP contribution in [0.3, 0.4) is 0 Å². The minimum absolute atomic E-state index is 0.662. The first-order valence-corrected chi connectivity index (χ1v) is 4.78. The molecule has 0 saturated carbocycles. The quantitative estimate of drug-likeness (QED) is 0.689. The van der Waals surface area contributed by atoms with Crippen LogP contribution in [0.1, 0.15) is 18.9 Å². The summed E-state index contributed by atoms with van der Waals surface area (Å²) in [5.41, 5.74) is 1.25. The predicted molar refractivity (Wildman–Crippen MR) is 56.8 cm³/mol. The van der Waals surface area contributed by atoms with Gasteiger partial charge in [0.15, 0.2) is 5.05 Å². The van der Waals surface area contributed by atoms with E-state index in [1.54, 1.807) is 12.4 Å². The van der Waals surface area contributed by atoms with Crippen molar-refractivity contribution in [2.24, 2.45) is 0 Å². The molecule has 0 spiro atoms.